The first-order valence-corrected chi connectivity index (χ1v) is 7.07. The molecule has 2 aromatic carbocycles. The van der Waals surface area contributed by atoms with Crippen molar-refractivity contribution in [3.8, 4) is 0 Å². The highest BCUT2D eigenvalue weighted by Crippen LogP contribution is 2.14. The second-order valence-electron chi connectivity index (χ2n) is 4.14. The SMILES string of the molecule is CNC(=O)c1ccc(CNc2cccc(I)c2)cc1. The number of hydrogen-bond acceptors (Lipinski definition) is 2. The van der Waals surface area contributed by atoms with Crippen LogP contribution in [0.2, 0.25) is 0 Å². The van der Waals surface area contributed by atoms with Gasteiger partial charge in [-0.25, -0.2) is 0 Å². The van der Waals surface area contributed by atoms with Gasteiger partial charge in [0.25, 0.3) is 5.91 Å². The Kier molecular flexibility index (Phi) is 4.79. The van der Waals surface area contributed by atoms with Gasteiger partial charge < -0.3 is 10.6 Å². The minimum atomic E-state index is -0.0582. The number of carbonyl (C=O) groups is 1. The van der Waals surface area contributed by atoms with Gasteiger partial charge in [-0.2, -0.15) is 0 Å². The van der Waals surface area contributed by atoms with Gasteiger partial charge in [0.15, 0.2) is 0 Å². The molecule has 0 bridgehead atoms. The second kappa shape index (κ2) is 6.56. The van der Waals surface area contributed by atoms with Crippen LogP contribution in [0.3, 0.4) is 0 Å². The van der Waals surface area contributed by atoms with Crippen LogP contribution in [0.4, 0.5) is 5.69 Å². The standard InChI is InChI=1S/C15H15IN2O/c1-17-15(19)12-7-5-11(6-8-12)10-18-14-4-2-3-13(16)9-14/h2-9,18H,10H2,1H3,(H,17,19). The summed E-state index contributed by atoms with van der Waals surface area (Å²) in [4.78, 5) is 11.4. The Balaban J connectivity index is 1.98. The summed E-state index contributed by atoms with van der Waals surface area (Å²) < 4.78 is 1.21. The van der Waals surface area contributed by atoms with E-state index in [9.17, 15) is 4.79 Å². The molecular formula is C15H15IN2O. The Morgan fingerprint density at radius 2 is 1.89 bits per heavy atom. The van der Waals surface area contributed by atoms with Gasteiger partial charge in [0.2, 0.25) is 0 Å². The van der Waals surface area contributed by atoms with Crippen molar-refractivity contribution in [2.75, 3.05) is 12.4 Å². The number of amides is 1. The Labute approximate surface area is 126 Å². The predicted octanol–water partition coefficient (Wildman–Crippen LogP) is 3.26. The molecule has 2 N–H and O–H groups in total. The lowest BCUT2D eigenvalue weighted by Gasteiger charge is -2.07. The number of halogens is 1. The molecule has 2 rings (SSSR count). The molecule has 2 aromatic rings. The molecule has 0 fully saturated rings. The van der Waals surface area contributed by atoms with Crippen LogP contribution >= 0.6 is 22.6 Å². The van der Waals surface area contributed by atoms with Gasteiger partial charge in [-0.3, -0.25) is 4.79 Å². The van der Waals surface area contributed by atoms with Gasteiger partial charge >= 0.3 is 0 Å². The molecule has 0 atom stereocenters. The van der Waals surface area contributed by atoms with Gasteiger partial charge in [-0.05, 0) is 58.5 Å². The summed E-state index contributed by atoms with van der Waals surface area (Å²) in [5, 5.41) is 5.97. The van der Waals surface area contributed by atoms with E-state index in [2.05, 4.69) is 45.4 Å². The molecule has 0 unspecified atom stereocenters. The summed E-state index contributed by atoms with van der Waals surface area (Å²) in [5.74, 6) is -0.0582. The van der Waals surface area contributed by atoms with Crippen LogP contribution in [0, 0.1) is 3.57 Å². The zero-order valence-electron chi connectivity index (χ0n) is 10.6. The second-order valence-corrected chi connectivity index (χ2v) is 5.39. The average molecular weight is 366 g/mol. The van der Waals surface area contributed by atoms with E-state index in [0.717, 1.165) is 17.8 Å². The monoisotopic (exact) mass is 366 g/mol. The Hall–Kier alpha value is -1.56. The molecule has 0 aliphatic heterocycles. The van der Waals surface area contributed by atoms with E-state index >= 15 is 0 Å². The van der Waals surface area contributed by atoms with Crippen molar-refractivity contribution < 1.29 is 4.79 Å². The van der Waals surface area contributed by atoms with E-state index in [1.165, 1.54) is 3.57 Å². The van der Waals surface area contributed by atoms with Crippen molar-refractivity contribution in [3.63, 3.8) is 0 Å². The van der Waals surface area contributed by atoms with E-state index in [-0.39, 0.29) is 5.91 Å². The molecule has 19 heavy (non-hydrogen) atoms. The largest absolute Gasteiger partial charge is 0.381 e. The lowest BCUT2D eigenvalue weighted by Crippen LogP contribution is -2.17. The summed E-state index contributed by atoms with van der Waals surface area (Å²) in [7, 11) is 1.63. The first-order valence-electron chi connectivity index (χ1n) is 5.99. The minimum Gasteiger partial charge on any atom is -0.381 e. The molecule has 0 aliphatic rings. The topological polar surface area (TPSA) is 41.1 Å². The summed E-state index contributed by atoms with van der Waals surface area (Å²) in [6.07, 6.45) is 0. The van der Waals surface area contributed by atoms with E-state index in [1.54, 1.807) is 7.05 Å². The smallest absolute Gasteiger partial charge is 0.251 e. The van der Waals surface area contributed by atoms with Crippen molar-refractivity contribution >= 4 is 34.2 Å². The quantitative estimate of drug-likeness (QED) is 0.816. The highest BCUT2D eigenvalue weighted by atomic mass is 127. The minimum absolute atomic E-state index is 0.0582. The van der Waals surface area contributed by atoms with Gasteiger partial charge in [-0.15, -0.1) is 0 Å². The van der Waals surface area contributed by atoms with Crippen LogP contribution in [-0.2, 0) is 6.54 Å². The fourth-order valence-corrected chi connectivity index (χ4v) is 2.26. The van der Waals surface area contributed by atoms with Crippen LogP contribution in [0.25, 0.3) is 0 Å². The van der Waals surface area contributed by atoms with Crippen molar-refractivity contribution in [2.24, 2.45) is 0 Å². The molecule has 0 spiro atoms. The molecule has 1 amide bonds. The number of rotatable bonds is 4. The van der Waals surface area contributed by atoms with Crippen LogP contribution in [0.5, 0.6) is 0 Å². The van der Waals surface area contributed by atoms with E-state index in [4.69, 9.17) is 0 Å². The highest BCUT2D eigenvalue weighted by molar-refractivity contribution is 14.1. The summed E-state index contributed by atoms with van der Waals surface area (Å²) >= 11 is 2.29. The maximum atomic E-state index is 11.4. The fourth-order valence-electron chi connectivity index (χ4n) is 1.72. The van der Waals surface area contributed by atoms with Crippen LogP contribution in [0.15, 0.2) is 48.5 Å². The molecule has 4 heteroatoms. The van der Waals surface area contributed by atoms with Crippen LogP contribution < -0.4 is 10.6 Å². The summed E-state index contributed by atoms with van der Waals surface area (Å²) in [6, 6.07) is 15.8. The normalized spacial score (nSPS) is 10.0. The maximum absolute atomic E-state index is 11.4. The van der Waals surface area contributed by atoms with Gasteiger partial charge in [0.1, 0.15) is 0 Å². The number of carbonyl (C=O) groups excluding carboxylic acids is 1. The third-order valence-electron chi connectivity index (χ3n) is 2.76. The first kappa shape index (κ1) is 13.9. The number of anilines is 1. The average Bonchev–Trinajstić information content (AvgIpc) is 2.45. The molecule has 98 valence electrons. The van der Waals surface area contributed by atoms with Crippen molar-refractivity contribution in [3.05, 3.63) is 63.2 Å². The first-order chi connectivity index (χ1) is 9.19. The molecule has 0 saturated heterocycles. The number of benzene rings is 2. The predicted molar refractivity (Wildman–Crippen MR) is 86.3 cm³/mol. The lowest BCUT2D eigenvalue weighted by atomic mass is 10.1. The highest BCUT2D eigenvalue weighted by Gasteiger charge is 2.02. The van der Waals surface area contributed by atoms with Crippen molar-refractivity contribution in [1.29, 1.82) is 0 Å². The molecule has 3 nitrogen and oxygen atoms in total. The zero-order chi connectivity index (χ0) is 13.7. The van der Waals surface area contributed by atoms with Crippen LogP contribution in [0.1, 0.15) is 15.9 Å². The molecule has 0 radical (unpaired) electrons. The van der Waals surface area contributed by atoms with Gasteiger partial charge in [-0.1, -0.05) is 18.2 Å². The van der Waals surface area contributed by atoms with Crippen molar-refractivity contribution in [2.45, 2.75) is 6.54 Å². The lowest BCUT2D eigenvalue weighted by molar-refractivity contribution is 0.0963. The molecule has 0 aromatic heterocycles. The maximum Gasteiger partial charge on any atom is 0.251 e. The number of hydrogen-bond donors (Lipinski definition) is 2. The van der Waals surface area contributed by atoms with Crippen LogP contribution in [-0.4, -0.2) is 13.0 Å². The number of nitrogens with one attached hydrogen (secondary N) is 2. The van der Waals surface area contributed by atoms with Crippen molar-refractivity contribution in [1.82, 2.24) is 5.32 Å². The van der Waals surface area contributed by atoms with Gasteiger partial charge in [0.05, 0.1) is 0 Å². The third-order valence-corrected chi connectivity index (χ3v) is 3.44. The zero-order valence-corrected chi connectivity index (χ0v) is 12.8. The third kappa shape index (κ3) is 3.96. The Bertz CT molecular complexity index is 567. The Morgan fingerprint density at radius 1 is 1.16 bits per heavy atom. The Morgan fingerprint density at radius 3 is 2.53 bits per heavy atom. The summed E-state index contributed by atoms with van der Waals surface area (Å²) in [5.41, 5.74) is 2.93. The van der Waals surface area contributed by atoms with E-state index < -0.39 is 0 Å². The van der Waals surface area contributed by atoms with Gasteiger partial charge in [0, 0.05) is 28.4 Å². The molecule has 0 aliphatic carbocycles. The molecule has 0 heterocycles. The fraction of sp³-hybridized carbons (Fsp3) is 0.133. The van der Waals surface area contributed by atoms with E-state index in [1.807, 2.05) is 36.4 Å². The summed E-state index contributed by atoms with van der Waals surface area (Å²) in [6.45, 7) is 0.744. The van der Waals surface area contributed by atoms with E-state index in [0.29, 0.717) is 5.56 Å². The molecular weight excluding hydrogens is 351 g/mol. The molecule has 0 saturated carbocycles.